The molecule has 2 fully saturated rings. The van der Waals surface area contributed by atoms with Crippen LogP contribution in [-0.2, 0) is 11.0 Å². The predicted octanol–water partition coefficient (Wildman–Crippen LogP) is 3.29. The molecular weight excluding hydrogens is 468 g/mol. The molecule has 0 spiro atoms. The number of rotatable bonds is 7. The van der Waals surface area contributed by atoms with Crippen LogP contribution < -0.4 is 16.0 Å². The molecule has 2 aromatic rings. The minimum Gasteiger partial charge on any atom is -0.508 e. The van der Waals surface area contributed by atoms with Crippen molar-refractivity contribution < 1.29 is 27.5 Å². The third-order valence-electron chi connectivity index (χ3n) is 6.66. The zero-order valence-corrected chi connectivity index (χ0v) is 19.1. The molecule has 4 rings (SSSR count). The predicted molar refractivity (Wildman–Crippen MR) is 121 cm³/mol. The summed E-state index contributed by atoms with van der Waals surface area (Å²) in [6.45, 7) is 2.64. The Bertz CT molecular complexity index is 1060. The molecule has 2 saturated heterocycles. The van der Waals surface area contributed by atoms with Crippen LogP contribution in [0.15, 0.2) is 24.5 Å². The van der Waals surface area contributed by atoms with Gasteiger partial charge in [-0.2, -0.15) is 17.6 Å². The van der Waals surface area contributed by atoms with Gasteiger partial charge in [0.1, 0.15) is 12.1 Å². The number of phenolic OH excluding ortho intramolecular Hbond substituents is 1. The zero-order chi connectivity index (χ0) is 25.2. The number of primary amides is 1. The molecule has 0 saturated carbocycles. The molecule has 12 heteroatoms. The van der Waals surface area contributed by atoms with Crippen LogP contribution in [-0.4, -0.2) is 58.6 Å². The van der Waals surface area contributed by atoms with E-state index in [1.54, 1.807) is 4.90 Å². The van der Waals surface area contributed by atoms with Crippen LogP contribution in [0.2, 0.25) is 0 Å². The van der Waals surface area contributed by atoms with Gasteiger partial charge in [-0.1, -0.05) is 6.07 Å². The molecule has 2 aliphatic heterocycles. The number of likely N-dealkylation sites (tertiary alicyclic amines) is 1. The second-order valence-electron chi connectivity index (χ2n) is 9.05. The highest BCUT2D eigenvalue weighted by atomic mass is 19.4. The van der Waals surface area contributed by atoms with Gasteiger partial charge in [0.15, 0.2) is 11.6 Å². The Morgan fingerprint density at radius 1 is 1.17 bits per heavy atom. The summed E-state index contributed by atoms with van der Waals surface area (Å²) < 4.78 is 54.3. The number of carbonyl (C=O) groups excluding carboxylic acids is 1. The number of benzene rings is 1. The molecule has 0 aliphatic carbocycles. The zero-order valence-electron chi connectivity index (χ0n) is 19.1. The van der Waals surface area contributed by atoms with Gasteiger partial charge in [0.2, 0.25) is 11.7 Å². The second-order valence-corrected chi connectivity index (χ2v) is 9.05. The molecule has 1 aromatic heterocycles. The average molecular weight is 497 g/mol. The lowest BCUT2D eigenvalue weighted by molar-refractivity contribution is -0.137. The highest BCUT2D eigenvalue weighted by Crippen LogP contribution is 2.42. The molecule has 0 unspecified atom stereocenters. The molecule has 2 aliphatic rings. The van der Waals surface area contributed by atoms with Crippen LogP contribution in [0.1, 0.15) is 42.9 Å². The van der Waals surface area contributed by atoms with E-state index >= 15 is 4.39 Å². The van der Waals surface area contributed by atoms with Crippen molar-refractivity contribution in [3.05, 3.63) is 41.5 Å². The lowest BCUT2D eigenvalue weighted by Gasteiger charge is -2.31. The van der Waals surface area contributed by atoms with Gasteiger partial charge in [-0.3, -0.25) is 9.69 Å². The van der Waals surface area contributed by atoms with Crippen molar-refractivity contribution in [2.75, 3.05) is 42.9 Å². The molecule has 35 heavy (non-hydrogen) atoms. The summed E-state index contributed by atoms with van der Waals surface area (Å²) >= 11 is 0. The van der Waals surface area contributed by atoms with Crippen molar-refractivity contribution in [3.8, 4) is 5.75 Å². The van der Waals surface area contributed by atoms with Gasteiger partial charge in [0, 0.05) is 18.7 Å². The van der Waals surface area contributed by atoms with Crippen LogP contribution in [0.4, 0.5) is 29.2 Å². The van der Waals surface area contributed by atoms with Crippen LogP contribution in [0.25, 0.3) is 0 Å². The first-order valence-electron chi connectivity index (χ1n) is 11.5. The smallest absolute Gasteiger partial charge is 0.416 e. The van der Waals surface area contributed by atoms with E-state index in [0.717, 1.165) is 32.0 Å². The van der Waals surface area contributed by atoms with E-state index < -0.39 is 29.3 Å². The van der Waals surface area contributed by atoms with E-state index in [1.807, 2.05) is 4.90 Å². The Kier molecular flexibility index (Phi) is 7.29. The molecular formula is C23H28F4N6O2. The number of nitrogens with two attached hydrogens (primary N) is 1. The van der Waals surface area contributed by atoms with E-state index in [2.05, 4.69) is 15.3 Å². The summed E-state index contributed by atoms with van der Waals surface area (Å²) in [7, 11) is 0. The third kappa shape index (κ3) is 5.75. The van der Waals surface area contributed by atoms with Crippen molar-refractivity contribution in [2.24, 2.45) is 11.7 Å². The summed E-state index contributed by atoms with van der Waals surface area (Å²) in [5, 5.41) is 13.4. The fourth-order valence-corrected chi connectivity index (χ4v) is 4.84. The number of aromatic nitrogens is 2. The van der Waals surface area contributed by atoms with E-state index in [1.165, 1.54) is 12.4 Å². The first-order valence-corrected chi connectivity index (χ1v) is 11.5. The number of carbonyl (C=O) groups is 1. The third-order valence-corrected chi connectivity index (χ3v) is 6.66. The number of amides is 1. The van der Waals surface area contributed by atoms with Gasteiger partial charge in [-0.25, -0.2) is 9.97 Å². The van der Waals surface area contributed by atoms with Crippen LogP contribution in [0.5, 0.6) is 5.75 Å². The van der Waals surface area contributed by atoms with Crippen molar-refractivity contribution in [2.45, 2.75) is 37.9 Å². The minimum atomic E-state index is -4.57. The SMILES string of the molecule is NC(=O)CN1CCC(CNc2ncnc(N3CCC[C@@H]3c3ccc(C(F)(F)F)cc3O)c2F)CC1. The standard InChI is InChI=1S/C23H28F4N6O2/c24-20-21(29-11-14-5-8-32(9-6-14)12-19(28)35)30-13-31-22(20)33-7-1-2-17(33)16-4-3-15(10-18(16)34)23(25,26)27/h3-4,10,13-14,17,34H,1-2,5-9,11-12H2,(H2,28,35)(H,29,30,31)/t17-/m1/s1. The fourth-order valence-electron chi connectivity index (χ4n) is 4.84. The van der Waals surface area contributed by atoms with E-state index in [-0.39, 0.29) is 30.0 Å². The van der Waals surface area contributed by atoms with E-state index in [9.17, 15) is 23.1 Å². The van der Waals surface area contributed by atoms with Crippen LogP contribution in [0.3, 0.4) is 0 Å². The Hall–Kier alpha value is -3.15. The van der Waals surface area contributed by atoms with Gasteiger partial charge in [0.05, 0.1) is 18.2 Å². The highest BCUT2D eigenvalue weighted by molar-refractivity contribution is 5.75. The van der Waals surface area contributed by atoms with Crippen LogP contribution >= 0.6 is 0 Å². The monoisotopic (exact) mass is 496 g/mol. The molecule has 1 atom stereocenters. The first kappa shape index (κ1) is 25.0. The van der Waals surface area contributed by atoms with Gasteiger partial charge in [0.25, 0.3) is 0 Å². The lowest BCUT2D eigenvalue weighted by Crippen LogP contribution is -2.40. The number of alkyl halides is 3. The minimum absolute atomic E-state index is 0.0422. The van der Waals surface area contributed by atoms with E-state index in [4.69, 9.17) is 5.73 Å². The maximum atomic E-state index is 15.4. The molecule has 190 valence electrons. The number of piperidine rings is 1. The maximum Gasteiger partial charge on any atom is 0.416 e. The number of hydrogen-bond acceptors (Lipinski definition) is 7. The molecule has 0 bridgehead atoms. The molecule has 3 heterocycles. The number of nitrogens with one attached hydrogen (secondary N) is 1. The summed E-state index contributed by atoms with van der Waals surface area (Å²) in [4.78, 5) is 22.9. The van der Waals surface area contributed by atoms with E-state index in [0.29, 0.717) is 37.6 Å². The average Bonchev–Trinajstić information content (AvgIpc) is 3.27. The molecule has 4 N–H and O–H groups in total. The summed E-state index contributed by atoms with van der Waals surface area (Å²) in [6.07, 6.45) is -0.444. The van der Waals surface area contributed by atoms with Crippen LogP contribution in [0, 0.1) is 11.7 Å². The molecule has 1 amide bonds. The first-order chi connectivity index (χ1) is 16.6. The van der Waals surface area contributed by atoms with Gasteiger partial charge in [-0.05, 0) is 56.8 Å². The topological polar surface area (TPSA) is 108 Å². The number of aromatic hydroxyl groups is 1. The summed E-state index contributed by atoms with van der Waals surface area (Å²) in [5.41, 5.74) is 4.60. The van der Waals surface area contributed by atoms with Gasteiger partial charge in [-0.15, -0.1) is 0 Å². The Morgan fingerprint density at radius 2 is 1.91 bits per heavy atom. The fraction of sp³-hybridized carbons (Fsp3) is 0.522. The largest absolute Gasteiger partial charge is 0.508 e. The number of nitrogens with zero attached hydrogens (tertiary/aromatic N) is 4. The maximum absolute atomic E-state index is 15.4. The number of hydrogen-bond donors (Lipinski definition) is 3. The Balaban J connectivity index is 1.45. The molecule has 1 aromatic carbocycles. The van der Waals surface area contributed by atoms with Crippen molar-refractivity contribution in [1.82, 2.24) is 14.9 Å². The Labute approximate surface area is 200 Å². The number of phenols is 1. The summed E-state index contributed by atoms with van der Waals surface area (Å²) in [6, 6.07) is 2.35. The highest BCUT2D eigenvalue weighted by Gasteiger charge is 2.35. The van der Waals surface area contributed by atoms with Crippen molar-refractivity contribution in [3.63, 3.8) is 0 Å². The van der Waals surface area contributed by atoms with Gasteiger partial charge < -0.3 is 21.1 Å². The summed E-state index contributed by atoms with van der Waals surface area (Å²) in [5.74, 6) is -1.11. The Morgan fingerprint density at radius 3 is 2.57 bits per heavy atom. The quantitative estimate of drug-likeness (QED) is 0.505. The number of anilines is 2. The second kappa shape index (κ2) is 10.2. The molecule has 8 nitrogen and oxygen atoms in total. The van der Waals surface area contributed by atoms with Crippen molar-refractivity contribution >= 4 is 17.5 Å². The van der Waals surface area contributed by atoms with Crippen molar-refractivity contribution in [1.29, 1.82) is 0 Å². The molecule has 0 radical (unpaired) electrons. The lowest BCUT2D eigenvalue weighted by atomic mass is 9.97. The van der Waals surface area contributed by atoms with Gasteiger partial charge >= 0.3 is 6.18 Å². The number of halogens is 4. The normalized spacial score (nSPS) is 19.8.